The number of thioether (sulfide) groups is 1. The molecule has 0 bridgehead atoms. The number of rotatable bonds is 7. The second-order valence-corrected chi connectivity index (χ2v) is 8.18. The number of aryl methyl sites for hydroxylation is 1. The van der Waals surface area contributed by atoms with Crippen molar-refractivity contribution < 1.29 is 14.5 Å². The first kappa shape index (κ1) is 21.7. The van der Waals surface area contributed by atoms with Crippen molar-refractivity contribution in [3.63, 3.8) is 0 Å². The third kappa shape index (κ3) is 5.11. The molecular formula is C21H19N3O4S2. The summed E-state index contributed by atoms with van der Waals surface area (Å²) >= 11 is 6.49. The maximum atomic E-state index is 12.7. The molecule has 1 aliphatic heterocycles. The first-order valence-corrected chi connectivity index (χ1v) is 10.5. The Balaban J connectivity index is 1.62. The predicted octanol–water partition coefficient (Wildman–Crippen LogP) is 4.39. The van der Waals surface area contributed by atoms with Crippen molar-refractivity contribution in [3.8, 4) is 0 Å². The van der Waals surface area contributed by atoms with E-state index in [1.54, 1.807) is 12.1 Å². The van der Waals surface area contributed by atoms with Gasteiger partial charge in [-0.2, -0.15) is 0 Å². The number of nitro benzene ring substituents is 1. The highest BCUT2D eigenvalue weighted by atomic mass is 32.2. The van der Waals surface area contributed by atoms with Crippen molar-refractivity contribution in [2.75, 3.05) is 11.9 Å². The van der Waals surface area contributed by atoms with E-state index in [1.807, 2.05) is 24.3 Å². The zero-order valence-corrected chi connectivity index (χ0v) is 17.8. The predicted molar refractivity (Wildman–Crippen MR) is 122 cm³/mol. The van der Waals surface area contributed by atoms with Gasteiger partial charge in [-0.25, -0.2) is 0 Å². The van der Waals surface area contributed by atoms with Crippen LogP contribution in [0.4, 0.5) is 11.4 Å². The van der Waals surface area contributed by atoms with Crippen LogP contribution in [-0.2, 0) is 16.0 Å². The average Bonchev–Trinajstić information content (AvgIpc) is 2.99. The Kier molecular flexibility index (Phi) is 6.96. The van der Waals surface area contributed by atoms with Crippen molar-refractivity contribution in [3.05, 3.63) is 74.7 Å². The number of carbonyl (C=O) groups excluding carboxylic acids is 2. The summed E-state index contributed by atoms with van der Waals surface area (Å²) < 4.78 is 0.384. The molecule has 0 saturated carbocycles. The van der Waals surface area contributed by atoms with Crippen molar-refractivity contribution in [2.45, 2.75) is 19.8 Å². The van der Waals surface area contributed by atoms with E-state index in [2.05, 4.69) is 12.2 Å². The van der Waals surface area contributed by atoms with Crippen LogP contribution in [0.25, 0.3) is 6.08 Å². The number of nitrogens with zero attached hydrogens (tertiary/aromatic N) is 2. The number of carbonyl (C=O) groups is 2. The summed E-state index contributed by atoms with van der Waals surface area (Å²) in [6.07, 6.45) is 2.69. The van der Waals surface area contributed by atoms with Crippen molar-refractivity contribution in [2.24, 2.45) is 0 Å². The molecule has 0 atom stereocenters. The van der Waals surface area contributed by atoms with Crippen LogP contribution in [0.1, 0.15) is 24.5 Å². The van der Waals surface area contributed by atoms with E-state index in [0.29, 0.717) is 9.23 Å². The molecule has 3 rings (SSSR count). The van der Waals surface area contributed by atoms with Crippen molar-refractivity contribution in [1.29, 1.82) is 0 Å². The van der Waals surface area contributed by atoms with E-state index in [-0.39, 0.29) is 30.2 Å². The van der Waals surface area contributed by atoms with Gasteiger partial charge in [0.15, 0.2) is 0 Å². The van der Waals surface area contributed by atoms with Gasteiger partial charge in [-0.3, -0.25) is 24.6 Å². The Morgan fingerprint density at radius 3 is 2.60 bits per heavy atom. The molecule has 2 aromatic carbocycles. The summed E-state index contributed by atoms with van der Waals surface area (Å²) in [6, 6.07) is 13.8. The van der Waals surface area contributed by atoms with Gasteiger partial charge in [-0.1, -0.05) is 67.3 Å². The Bertz CT molecular complexity index is 1030. The number of para-hydroxylation sites is 2. The van der Waals surface area contributed by atoms with E-state index in [4.69, 9.17) is 12.2 Å². The Labute approximate surface area is 183 Å². The third-order valence-electron chi connectivity index (χ3n) is 4.50. The van der Waals surface area contributed by atoms with E-state index < -0.39 is 10.8 Å². The minimum Gasteiger partial charge on any atom is -0.320 e. The molecule has 30 heavy (non-hydrogen) atoms. The van der Waals surface area contributed by atoms with Crippen LogP contribution in [-0.4, -0.2) is 32.5 Å². The summed E-state index contributed by atoms with van der Waals surface area (Å²) in [4.78, 5) is 37.3. The number of nitro groups is 1. The Morgan fingerprint density at radius 1 is 1.23 bits per heavy atom. The number of hydrogen-bond acceptors (Lipinski definition) is 6. The molecule has 0 radical (unpaired) electrons. The Hall–Kier alpha value is -3.04. The highest BCUT2D eigenvalue weighted by Crippen LogP contribution is 2.32. The largest absolute Gasteiger partial charge is 0.320 e. The summed E-state index contributed by atoms with van der Waals surface area (Å²) in [7, 11) is 0. The molecular weight excluding hydrogens is 422 g/mol. The van der Waals surface area contributed by atoms with Crippen LogP contribution in [0.3, 0.4) is 0 Å². The quantitative estimate of drug-likeness (QED) is 0.297. The number of amides is 2. The van der Waals surface area contributed by atoms with Crippen LogP contribution in [0.2, 0.25) is 0 Å². The molecule has 1 aliphatic rings. The number of anilines is 1. The fourth-order valence-corrected chi connectivity index (χ4v) is 4.17. The molecule has 2 amide bonds. The molecule has 0 unspecified atom stereocenters. The first-order valence-electron chi connectivity index (χ1n) is 9.26. The van der Waals surface area contributed by atoms with Crippen molar-refractivity contribution >= 4 is 57.6 Å². The number of benzene rings is 2. The maximum Gasteiger partial charge on any atom is 0.292 e. The summed E-state index contributed by atoms with van der Waals surface area (Å²) in [6.45, 7) is 2.18. The van der Waals surface area contributed by atoms with Crippen LogP contribution < -0.4 is 5.32 Å². The fraction of sp³-hybridized carbons (Fsp3) is 0.190. The molecule has 7 nitrogen and oxygen atoms in total. The zero-order valence-electron chi connectivity index (χ0n) is 16.2. The van der Waals surface area contributed by atoms with Crippen LogP contribution >= 0.6 is 24.0 Å². The van der Waals surface area contributed by atoms with Gasteiger partial charge in [0.1, 0.15) is 10.0 Å². The number of thiocarbonyl (C=S) groups is 1. The topological polar surface area (TPSA) is 92.6 Å². The molecule has 1 fully saturated rings. The number of hydrogen-bond donors (Lipinski definition) is 1. The lowest BCUT2D eigenvalue weighted by Crippen LogP contribution is -2.31. The van der Waals surface area contributed by atoms with E-state index in [1.165, 1.54) is 40.4 Å². The summed E-state index contributed by atoms with van der Waals surface area (Å²) in [5, 5.41) is 13.6. The van der Waals surface area contributed by atoms with E-state index in [9.17, 15) is 19.7 Å². The van der Waals surface area contributed by atoms with Gasteiger partial charge in [-0.05, 0) is 29.7 Å². The van der Waals surface area contributed by atoms with Gasteiger partial charge in [-0.15, -0.1) is 0 Å². The molecule has 0 spiro atoms. The van der Waals surface area contributed by atoms with E-state index in [0.717, 1.165) is 12.0 Å². The van der Waals surface area contributed by atoms with Gasteiger partial charge < -0.3 is 5.32 Å². The molecule has 1 heterocycles. The van der Waals surface area contributed by atoms with Gasteiger partial charge in [0.05, 0.1) is 9.83 Å². The highest BCUT2D eigenvalue weighted by Gasteiger charge is 2.32. The number of nitrogens with one attached hydrogen (secondary N) is 1. The van der Waals surface area contributed by atoms with E-state index >= 15 is 0 Å². The molecule has 154 valence electrons. The lowest BCUT2D eigenvalue weighted by Gasteiger charge is -2.14. The summed E-state index contributed by atoms with van der Waals surface area (Å²) in [5.74, 6) is -0.680. The standard InChI is InChI=1S/C21H19N3O4S2/c1-2-14-7-9-15(10-8-14)13-18-20(26)23(21(29)30-18)12-11-19(25)22-16-5-3-4-6-17(16)24(27)28/h3-10,13H,2,11-12H2,1H3,(H,22,25)/b18-13-. The second kappa shape index (κ2) is 9.64. The highest BCUT2D eigenvalue weighted by molar-refractivity contribution is 8.26. The minimum atomic E-state index is -0.560. The zero-order chi connectivity index (χ0) is 21.7. The average molecular weight is 442 g/mol. The Morgan fingerprint density at radius 2 is 1.93 bits per heavy atom. The molecule has 2 aromatic rings. The molecule has 9 heteroatoms. The van der Waals surface area contributed by atoms with Crippen LogP contribution in [0, 0.1) is 10.1 Å². The smallest absolute Gasteiger partial charge is 0.292 e. The third-order valence-corrected chi connectivity index (χ3v) is 5.87. The van der Waals surface area contributed by atoms with Gasteiger partial charge in [0.2, 0.25) is 5.91 Å². The lowest BCUT2D eigenvalue weighted by atomic mass is 10.1. The maximum absolute atomic E-state index is 12.7. The lowest BCUT2D eigenvalue weighted by molar-refractivity contribution is -0.383. The van der Waals surface area contributed by atoms with Crippen LogP contribution in [0.15, 0.2) is 53.4 Å². The molecule has 0 aromatic heterocycles. The monoisotopic (exact) mass is 441 g/mol. The molecule has 1 saturated heterocycles. The van der Waals surface area contributed by atoms with Crippen LogP contribution in [0.5, 0.6) is 0 Å². The fourth-order valence-electron chi connectivity index (χ4n) is 2.86. The molecule has 1 N–H and O–H groups in total. The minimum absolute atomic E-state index is 0.0308. The molecule has 0 aliphatic carbocycles. The second-order valence-electron chi connectivity index (χ2n) is 6.50. The van der Waals surface area contributed by atoms with Gasteiger partial charge in [0, 0.05) is 19.0 Å². The summed E-state index contributed by atoms with van der Waals surface area (Å²) in [5.41, 5.74) is 2.05. The van der Waals surface area contributed by atoms with Gasteiger partial charge in [0.25, 0.3) is 11.6 Å². The van der Waals surface area contributed by atoms with Gasteiger partial charge >= 0.3 is 0 Å². The van der Waals surface area contributed by atoms with Crippen molar-refractivity contribution in [1.82, 2.24) is 4.90 Å². The normalized spacial score (nSPS) is 15.0. The first-order chi connectivity index (χ1) is 14.4. The SMILES string of the molecule is CCc1ccc(/C=C2\SC(=S)N(CCC(=O)Nc3ccccc3[N+](=O)[O-])C2=O)cc1.